The van der Waals surface area contributed by atoms with E-state index < -0.39 is 8.07 Å². The van der Waals surface area contributed by atoms with Crippen molar-refractivity contribution in [3.8, 4) is 0 Å². The maximum atomic E-state index is 5.52. The van der Waals surface area contributed by atoms with Crippen molar-refractivity contribution in [1.29, 1.82) is 0 Å². The highest BCUT2D eigenvalue weighted by atomic mass is 28.3. The van der Waals surface area contributed by atoms with Gasteiger partial charge in [0, 0.05) is 20.6 Å². The molecule has 0 N–H and O–H groups in total. The lowest BCUT2D eigenvalue weighted by Crippen LogP contribution is -2.22. The highest BCUT2D eigenvalue weighted by Gasteiger charge is 2.20. The Bertz CT molecular complexity index is 221. The van der Waals surface area contributed by atoms with Crippen LogP contribution < -0.4 is 0 Å². The summed E-state index contributed by atoms with van der Waals surface area (Å²) >= 11 is 0. The minimum Gasteiger partial charge on any atom is -0.359 e. The molecule has 0 saturated heterocycles. The molecule has 0 heterocycles. The summed E-state index contributed by atoms with van der Waals surface area (Å²) in [6.45, 7) is 12.8. The molecule has 3 heteroatoms. The van der Waals surface area contributed by atoms with Crippen LogP contribution in [0.15, 0.2) is 12.2 Å². The van der Waals surface area contributed by atoms with Gasteiger partial charge in [-0.2, -0.15) is 0 Å². The quantitative estimate of drug-likeness (QED) is 0.265. The van der Waals surface area contributed by atoms with Gasteiger partial charge < -0.3 is 9.47 Å². The first-order valence-corrected chi connectivity index (χ1v) is 10.3. The van der Waals surface area contributed by atoms with Gasteiger partial charge in [0.15, 0.2) is 0 Å². The Morgan fingerprint density at radius 2 is 1.88 bits per heavy atom. The van der Waals surface area contributed by atoms with E-state index in [-0.39, 0.29) is 5.41 Å². The van der Waals surface area contributed by atoms with Crippen LogP contribution in [0.5, 0.6) is 0 Å². The molecule has 0 spiro atoms. The number of rotatable bonds is 9. The predicted octanol–water partition coefficient (Wildman–Crippen LogP) is 4.31. The Morgan fingerprint density at radius 3 is 2.35 bits per heavy atom. The molecule has 0 aromatic carbocycles. The van der Waals surface area contributed by atoms with Crippen LogP contribution >= 0.6 is 0 Å². The zero-order valence-electron chi connectivity index (χ0n) is 12.5. The smallest absolute Gasteiger partial charge is 0.146 e. The summed E-state index contributed by atoms with van der Waals surface area (Å²) in [6.07, 6.45) is 7.06. The van der Waals surface area contributed by atoms with E-state index in [1.807, 2.05) is 0 Å². The van der Waals surface area contributed by atoms with Gasteiger partial charge in [-0.15, -0.1) is 0 Å². The van der Waals surface area contributed by atoms with Crippen molar-refractivity contribution in [3.63, 3.8) is 0 Å². The van der Waals surface area contributed by atoms with Crippen molar-refractivity contribution in [2.45, 2.75) is 52.4 Å². The second-order valence-corrected chi connectivity index (χ2v) is 11.9. The highest BCUT2D eigenvalue weighted by Crippen LogP contribution is 2.26. The number of methoxy groups -OCH3 is 1. The van der Waals surface area contributed by atoms with E-state index in [4.69, 9.17) is 9.47 Å². The van der Waals surface area contributed by atoms with Gasteiger partial charge in [-0.05, 0) is 12.5 Å². The molecular weight excluding hydrogens is 228 g/mol. The molecule has 0 aromatic rings. The number of hydrogen-bond donors (Lipinski definition) is 0. The fraction of sp³-hybridized carbons (Fsp3) is 0.857. The molecule has 0 aromatic heterocycles. The maximum Gasteiger partial charge on any atom is 0.146 e. The molecule has 2 nitrogen and oxygen atoms in total. The lowest BCUT2D eigenvalue weighted by atomic mass is 9.86. The van der Waals surface area contributed by atoms with Crippen molar-refractivity contribution in [1.82, 2.24) is 0 Å². The van der Waals surface area contributed by atoms with Crippen LogP contribution in [0.1, 0.15) is 26.7 Å². The van der Waals surface area contributed by atoms with Crippen LogP contribution in [0.3, 0.4) is 0 Å². The zero-order chi connectivity index (χ0) is 13.4. The summed E-state index contributed by atoms with van der Waals surface area (Å²) < 4.78 is 10.5. The Balaban J connectivity index is 4.28. The molecular formula is C14H30O2Si. The lowest BCUT2D eigenvalue weighted by molar-refractivity contribution is -0.0540. The third kappa shape index (κ3) is 9.57. The first-order valence-electron chi connectivity index (χ1n) is 6.57. The van der Waals surface area contributed by atoms with E-state index in [9.17, 15) is 0 Å². The molecule has 0 unspecified atom stereocenters. The van der Waals surface area contributed by atoms with Crippen molar-refractivity contribution in [2.24, 2.45) is 5.41 Å². The summed E-state index contributed by atoms with van der Waals surface area (Å²) in [4.78, 5) is 0. The molecule has 17 heavy (non-hydrogen) atoms. The monoisotopic (exact) mass is 258 g/mol. The molecule has 0 aliphatic heterocycles. The molecule has 0 saturated carbocycles. The van der Waals surface area contributed by atoms with E-state index >= 15 is 0 Å². The van der Waals surface area contributed by atoms with Gasteiger partial charge in [0.1, 0.15) is 6.79 Å². The van der Waals surface area contributed by atoms with Crippen molar-refractivity contribution in [2.75, 3.05) is 20.5 Å². The van der Waals surface area contributed by atoms with Gasteiger partial charge in [-0.1, -0.05) is 52.1 Å². The summed E-state index contributed by atoms with van der Waals surface area (Å²) in [5.74, 6) is 0. The summed E-state index contributed by atoms with van der Waals surface area (Å²) in [5, 5.41) is 0. The Morgan fingerprint density at radius 1 is 1.24 bits per heavy atom. The van der Waals surface area contributed by atoms with Gasteiger partial charge in [0.2, 0.25) is 0 Å². The third-order valence-corrected chi connectivity index (χ3v) is 4.16. The average Bonchev–Trinajstić information content (AvgIpc) is 2.16. The van der Waals surface area contributed by atoms with Crippen LogP contribution in [0, 0.1) is 5.41 Å². The Hall–Kier alpha value is -0.123. The van der Waals surface area contributed by atoms with Crippen LogP contribution in [-0.4, -0.2) is 28.6 Å². The van der Waals surface area contributed by atoms with Crippen LogP contribution in [-0.2, 0) is 9.47 Å². The van der Waals surface area contributed by atoms with E-state index in [0.717, 1.165) is 6.61 Å². The van der Waals surface area contributed by atoms with E-state index in [2.05, 4.69) is 45.6 Å². The average molecular weight is 258 g/mol. The standard InChI is InChI=1S/C14H30O2Si/c1-7-9-14(2,12-16-13-15-3)10-8-11-17(4,5)6/h8,10H,7,9,11-13H2,1-6H3/b10-8+/t14-/m1/s1. The van der Waals surface area contributed by atoms with Crippen molar-refractivity contribution < 1.29 is 9.47 Å². The molecule has 102 valence electrons. The second kappa shape index (κ2) is 8.06. The van der Waals surface area contributed by atoms with Gasteiger partial charge in [-0.25, -0.2) is 0 Å². The fourth-order valence-electron chi connectivity index (χ4n) is 1.83. The van der Waals surface area contributed by atoms with Gasteiger partial charge >= 0.3 is 0 Å². The Kier molecular flexibility index (Phi) is 8.00. The molecule has 0 amide bonds. The van der Waals surface area contributed by atoms with E-state index in [1.54, 1.807) is 7.11 Å². The highest BCUT2D eigenvalue weighted by molar-refractivity contribution is 6.76. The molecule has 0 rings (SSSR count). The first kappa shape index (κ1) is 16.9. The Labute approximate surface area is 108 Å². The van der Waals surface area contributed by atoms with Crippen molar-refractivity contribution in [3.05, 3.63) is 12.2 Å². The summed E-state index contributed by atoms with van der Waals surface area (Å²) in [7, 11) is 0.694. The largest absolute Gasteiger partial charge is 0.359 e. The second-order valence-electron chi connectivity index (χ2n) is 6.33. The van der Waals surface area contributed by atoms with Crippen LogP contribution in [0.25, 0.3) is 0 Å². The minimum atomic E-state index is -0.970. The molecule has 0 fully saturated rings. The van der Waals surface area contributed by atoms with Crippen LogP contribution in [0.2, 0.25) is 25.7 Å². The molecule has 0 bridgehead atoms. The predicted molar refractivity (Wildman–Crippen MR) is 78.1 cm³/mol. The maximum absolute atomic E-state index is 5.52. The van der Waals surface area contributed by atoms with E-state index in [1.165, 1.54) is 18.9 Å². The van der Waals surface area contributed by atoms with Crippen molar-refractivity contribution >= 4 is 8.07 Å². The first-order chi connectivity index (χ1) is 7.83. The normalized spacial score (nSPS) is 16.4. The number of hydrogen-bond acceptors (Lipinski definition) is 2. The lowest BCUT2D eigenvalue weighted by Gasteiger charge is -2.25. The SMILES string of the molecule is CCC[C@](C)(/C=C/C[Si](C)(C)C)COCOC. The minimum absolute atomic E-state index is 0.160. The van der Waals surface area contributed by atoms with Gasteiger partial charge in [-0.3, -0.25) is 0 Å². The topological polar surface area (TPSA) is 18.5 Å². The molecule has 0 aliphatic carbocycles. The number of allylic oxidation sites excluding steroid dienone is 1. The summed E-state index contributed by atoms with van der Waals surface area (Å²) in [6, 6.07) is 1.25. The van der Waals surface area contributed by atoms with Gasteiger partial charge in [0.05, 0.1) is 6.61 Å². The third-order valence-electron chi connectivity index (χ3n) is 2.70. The van der Waals surface area contributed by atoms with Crippen LogP contribution in [0.4, 0.5) is 0 Å². The van der Waals surface area contributed by atoms with E-state index in [0.29, 0.717) is 6.79 Å². The number of ether oxygens (including phenoxy) is 2. The summed E-state index contributed by atoms with van der Waals surface area (Å²) in [5.41, 5.74) is 0.160. The molecule has 0 aliphatic rings. The molecule has 1 atom stereocenters. The zero-order valence-corrected chi connectivity index (χ0v) is 13.5. The fourth-order valence-corrected chi connectivity index (χ4v) is 2.65. The van der Waals surface area contributed by atoms with Gasteiger partial charge in [0.25, 0.3) is 0 Å². The molecule has 0 radical (unpaired) electrons.